The highest BCUT2D eigenvalue weighted by Gasteiger charge is 2.94. The van der Waals surface area contributed by atoms with E-state index in [9.17, 15) is 13.2 Å². The number of methoxy groups -OCH3 is 1. The van der Waals surface area contributed by atoms with Crippen molar-refractivity contribution in [3.8, 4) is 0 Å². The van der Waals surface area contributed by atoms with Crippen LogP contribution in [-0.2, 0) is 10.2 Å². The summed E-state index contributed by atoms with van der Waals surface area (Å²) in [5.74, 6) is 0.381. The number of alkyl halides is 3. The maximum absolute atomic E-state index is 13.9. The molecule has 0 bridgehead atoms. The number of pyridine rings is 1. The molecule has 40 heavy (non-hydrogen) atoms. The molecule has 0 saturated heterocycles. The van der Waals surface area contributed by atoms with Gasteiger partial charge in [0.25, 0.3) is 0 Å². The number of fused-ring (bicyclic) bond motifs is 3. The number of halogens is 3. The highest BCUT2D eigenvalue weighted by Crippen LogP contribution is 2.90. The zero-order chi connectivity index (χ0) is 29.5. The number of hydrogen-bond acceptors (Lipinski definition) is 6. The molecule has 2 unspecified atom stereocenters. The highest BCUT2D eigenvalue weighted by atomic mass is 19.4. The minimum absolute atomic E-state index is 0.0620. The fourth-order valence-electron chi connectivity index (χ4n) is 5.62. The molecule has 6 rings (SSSR count). The van der Waals surface area contributed by atoms with Gasteiger partial charge in [-0.3, -0.25) is 0 Å². The van der Waals surface area contributed by atoms with Crippen LogP contribution in [0.2, 0.25) is 0 Å². The van der Waals surface area contributed by atoms with Crippen LogP contribution in [-0.4, -0.2) is 42.8 Å². The summed E-state index contributed by atoms with van der Waals surface area (Å²) >= 11 is 0. The molecule has 4 aromatic heterocycles. The molecule has 0 N–H and O–H groups in total. The van der Waals surface area contributed by atoms with Crippen LogP contribution in [0.1, 0.15) is 101 Å². The van der Waals surface area contributed by atoms with Crippen molar-refractivity contribution in [2.75, 3.05) is 7.11 Å². The number of nitrogens with zero attached hydrogens (tertiary/aromatic N) is 6. The van der Waals surface area contributed by atoms with Crippen LogP contribution in [0, 0.1) is 19.3 Å². The fraction of sp³-hybridized carbons (Fsp3) is 0.567. The van der Waals surface area contributed by atoms with Crippen molar-refractivity contribution >= 4 is 16.7 Å². The van der Waals surface area contributed by atoms with Gasteiger partial charge in [0.05, 0.1) is 34.1 Å². The van der Waals surface area contributed by atoms with Gasteiger partial charge in [-0.15, -0.1) is 0 Å². The monoisotopic (exact) mass is 556 g/mol. The third-order valence-electron chi connectivity index (χ3n) is 8.27. The largest absolute Gasteiger partial charge is 0.395 e. The molecule has 2 saturated carbocycles. The molecule has 0 amide bonds. The van der Waals surface area contributed by atoms with Gasteiger partial charge < -0.3 is 4.74 Å². The summed E-state index contributed by atoms with van der Waals surface area (Å²) in [5, 5.41) is 4.24. The standard InChI is InChI=1S/C26H27F3N6O.2C2H6/c1-5-16(11-19(36-4)17-7-9-35-18(10-17)6-8-30-35)22-33-21(24-12-25(24,13-24)26(27,28)29)20-23(34-22)32-15(3)14(2)31-20;2*1-2/h6-10,16,19H,5,11-13H2,1-4H3;2*1-2H3. The molecule has 4 heterocycles. The van der Waals surface area contributed by atoms with Crippen molar-refractivity contribution in [1.82, 2.24) is 29.5 Å². The third-order valence-corrected chi connectivity index (χ3v) is 8.27. The quantitative estimate of drug-likeness (QED) is 0.233. The van der Waals surface area contributed by atoms with E-state index >= 15 is 0 Å². The first kappa shape index (κ1) is 29.8. The molecule has 2 aliphatic carbocycles. The molecule has 2 aliphatic rings. The summed E-state index contributed by atoms with van der Waals surface area (Å²) in [4.78, 5) is 18.8. The third kappa shape index (κ3) is 4.74. The van der Waals surface area contributed by atoms with Crippen molar-refractivity contribution in [3.05, 3.63) is 59.1 Å². The van der Waals surface area contributed by atoms with Gasteiger partial charge in [0.1, 0.15) is 11.3 Å². The van der Waals surface area contributed by atoms with Crippen molar-refractivity contribution in [1.29, 1.82) is 0 Å². The average molecular weight is 557 g/mol. The second kappa shape index (κ2) is 11.0. The Morgan fingerprint density at radius 2 is 1.68 bits per heavy atom. The molecule has 2 fully saturated rings. The topological polar surface area (TPSA) is 78.1 Å². The number of ether oxygens (including phenoxy) is 1. The molecule has 7 nitrogen and oxygen atoms in total. The Labute approximate surface area is 233 Å². The van der Waals surface area contributed by atoms with Gasteiger partial charge in [0.15, 0.2) is 5.65 Å². The lowest BCUT2D eigenvalue weighted by Gasteiger charge is -2.22. The van der Waals surface area contributed by atoms with E-state index in [0.29, 0.717) is 46.9 Å². The van der Waals surface area contributed by atoms with E-state index in [1.54, 1.807) is 17.8 Å². The van der Waals surface area contributed by atoms with Crippen LogP contribution in [0.3, 0.4) is 0 Å². The first-order chi connectivity index (χ1) is 19.1. The van der Waals surface area contributed by atoms with E-state index in [2.05, 4.69) is 15.1 Å². The zero-order valence-corrected chi connectivity index (χ0v) is 24.6. The highest BCUT2D eigenvalue weighted by molar-refractivity contribution is 5.77. The molecule has 0 aromatic carbocycles. The van der Waals surface area contributed by atoms with Crippen LogP contribution in [0.4, 0.5) is 13.2 Å². The van der Waals surface area contributed by atoms with Gasteiger partial charge >= 0.3 is 6.18 Å². The summed E-state index contributed by atoms with van der Waals surface area (Å²) in [6.45, 7) is 13.7. The lowest BCUT2D eigenvalue weighted by atomic mass is 9.93. The number of aromatic nitrogens is 6. The molecule has 4 aromatic rings. The second-order valence-electron chi connectivity index (χ2n) is 10.2. The van der Waals surface area contributed by atoms with Gasteiger partial charge in [0.2, 0.25) is 0 Å². The smallest absolute Gasteiger partial charge is 0.377 e. The van der Waals surface area contributed by atoms with Crippen LogP contribution < -0.4 is 0 Å². The Balaban J connectivity index is 0.000000886. The van der Waals surface area contributed by atoms with E-state index in [4.69, 9.17) is 14.7 Å². The number of aryl methyl sites for hydroxylation is 2. The molecule has 216 valence electrons. The van der Waals surface area contributed by atoms with Gasteiger partial charge in [-0.05, 0) is 63.3 Å². The molecule has 2 atom stereocenters. The van der Waals surface area contributed by atoms with Gasteiger partial charge in [0, 0.05) is 30.8 Å². The van der Waals surface area contributed by atoms with Crippen LogP contribution in [0.15, 0.2) is 30.6 Å². The maximum atomic E-state index is 13.9. The van der Waals surface area contributed by atoms with E-state index in [0.717, 1.165) is 11.1 Å². The normalized spacial score (nSPS) is 22.5. The Hall–Kier alpha value is -3.14. The summed E-state index contributed by atoms with van der Waals surface area (Å²) in [6, 6.07) is 5.92. The summed E-state index contributed by atoms with van der Waals surface area (Å²) in [5.41, 5.74) is 1.85. The molecule has 10 heteroatoms. The lowest BCUT2D eigenvalue weighted by Crippen LogP contribution is -2.17. The predicted molar refractivity (Wildman–Crippen MR) is 149 cm³/mol. The SMILES string of the molecule is CC.CC.CCC(CC(OC)c1ccn2nccc2c1)c1nc(C23CC2(C(F)(F)F)C3)c2nc(C)c(C)nc2n1. The first-order valence-electron chi connectivity index (χ1n) is 14.2. The minimum atomic E-state index is -4.25. The molecule has 0 spiro atoms. The summed E-state index contributed by atoms with van der Waals surface area (Å²) in [7, 11) is 1.66. The van der Waals surface area contributed by atoms with Gasteiger partial charge in [-0.25, -0.2) is 24.5 Å². The van der Waals surface area contributed by atoms with E-state index < -0.39 is 17.0 Å². The Morgan fingerprint density at radius 1 is 1.00 bits per heavy atom. The van der Waals surface area contributed by atoms with E-state index in [1.165, 1.54) is 0 Å². The van der Waals surface area contributed by atoms with Crippen LogP contribution in [0.25, 0.3) is 16.7 Å². The summed E-state index contributed by atoms with van der Waals surface area (Å²) in [6.07, 6.45) is 0.541. The average Bonchev–Trinajstić information content (AvgIpc) is 3.74. The first-order valence-corrected chi connectivity index (χ1v) is 14.2. The fourth-order valence-corrected chi connectivity index (χ4v) is 5.62. The lowest BCUT2D eigenvalue weighted by molar-refractivity contribution is -0.167. The summed E-state index contributed by atoms with van der Waals surface area (Å²) < 4.78 is 49.2. The molecular formula is C30H39F3N6O. The van der Waals surface area contributed by atoms with Crippen molar-refractivity contribution in [2.24, 2.45) is 5.41 Å². The van der Waals surface area contributed by atoms with Crippen molar-refractivity contribution < 1.29 is 17.9 Å². The van der Waals surface area contributed by atoms with E-state index in [1.807, 2.05) is 72.9 Å². The Kier molecular flexibility index (Phi) is 8.23. The van der Waals surface area contributed by atoms with Crippen molar-refractivity contribution in [2.45, 2.75) is 97.8 Å². The zero-order valence-electron chi connectivity index (χ0n) is 24.6. The predicted octanol–water partition coefficient (Wildman–Crippen LogP) is 7.60. The van der Waals surface area contributed by atoms with Gasteiger partial charge in [-0.2, -0.15) is 18.3 Å². The van der Waals surface area contributed by atoms with Gasteiger partial charge in [-0.1, -0.05) is 34.6 Å². The Bertz CT molecular complexity index is 1490. The van der Waals surface area contributed by atoms with Crippen molar-refractivity contribution in [3.63, 3.8) is 0 Å². The molecular weight excluding hydrogens is 517 g/mol. The molecule has 0 radical (unpaired) electrons. The number of hydrogen-bond donors (Lipinski definition) is 0. The minimum Gasteiger partial charge on any atom is -0.377 e. The maximum Gasteiger partial charge on any atom is 0.395 e. The van der Waals surface area contributed by atoms with E-state index in [-0.39, 0.29) is 24.9 Å². The van der Waals surface area contributed by atoms with Crippen LogP contribution in [0.5, 0.6) is 0 Å². The Morgan fingerprint density at radius 3 is 2.27 bits per heavy atom. The second-order valence-corrected chi connectivity index (χ2v) is 10.2. The molecule has 0 aliphatic heterocycles. The number of rotatable bonds is 7. The van der Waals surface area contributed by atoms with Crippen LogP contribution >= 0.6 is 0 Å².